The van der Waals surface area contributed by atoms with Crippen molar-refractivity contribution in [3.8, 4) is 0 Å². The summed E-state index contributed by atoms with van der Waals surface area (Å²) in [4.78, 5) is 48.4. The number of carbonyl (C=O) groups excluding carboxylic acids is 3. The van der Waals surface area contributed by atoms with E-state index in [1.54, 1.807) is 5.41 Å². The Bertz CT molecular complexity index is 732. The fourth-order valence-corrected chi connectivity index (χ4v) is 4.67. The van der Waals surface area contributed by atoms with Gasteiger partial charge in [-0.1, -0.05) is 6.07 Å². The van der Waals surface area contributed by atoms with Crippen molar-refractivity contribution in [1.82, 2.24) is 10.2 Å². The highest BCUT2D eigenvalue weighted by Gasteiger charge is 2.55. The maximum Gasteiger partial charge on any atom is 0.330 e. The zero-order chi connectivity index (χ0) is 18.0. The number of thiophene rings is 1. The van der Waals surface area contributed by atoms with Crippen LogP contribution in [0.2, 0.25) is 0 Å². The van der Waals surface area contributed by atoms with E-state index in [0.717, 1.165) is 4.88 Å². The van der Waals surface area contributed by atoms with Crippen molar-refractivity contribution in [3.63, 3.8) is 0 Å². The standard InChI is InChI=1S/C15H14N2O6S2/c18-7-23-5-8-6-25-14-11(13(20)17(14)12(8)15(21)22)16-10(19)4-9-2-1-3-24-9/h1-3,6-7,11-12,14H,4-5H2,(H,16,19)(H,21,22)/t11-,12?,14-/m1/s1. The summed E-state index contributed by atoms with van der Waals surface area (Å²) in [7, 11) is 0. The number of hydrogen-bond acceptors (Lipinski definition) is 7. The molecule has 0 saturated carbocycles. The van der Waals surface area contributed by atoms with Crippen molar-refractivity contribution in [2.24, 2.45) is 0 Å². The normalized spacial score (nSPS) is 24.6. The predicted molar refractivity (Wildman–Crippen MR) is 89.7 cm³/mol. The van der Waals surface area contributed by atoms with Gasteiger partial charge in [0.05, 0.1) is 6.42 Å². The first-order valence-corrected chi connectivity index (χ1v) is 9.11. The number of fused-ring (bicyclic) bond motifs is 1. The Morgan fingerprint density at radius 3 is 2.88 bits per heavy atom. The lowest BCUT2D eigenvalue weighted by molar-refractivity contribution is -0.160. The molecule has 132 valence electrons. The quantitative estimate of drug-likeness (QED) is 0.512. The zero-order valence-corrected chi connectivity index (χ0v) is 14.4. The third kappa shape index (κ3) is 3.40. The van der Waals surface area contributed by atoms with Crippen molar-refractivity contribution < 1.29 is 29.0 Å². The molecule has 0 radical (unpaired) electrons. The lowest BCUT2D eigenvalue weighted by Crippen LogP contribution is -2.74. The van der Waals surface area contributed by atoms with Crippen LogP contribution in [-0.4, -0.2) is 58.3 Å². The number of carboxylic acids is 1. The second-order valence-electron chi connectivity index (χ2n) is 5.41. The smallest absolute Gasteiger partial charge is 0.330 e. The number of ether oxygens (including phenoxy) is 1. The van der Waals surface area contributed by atoms with Crippen LogP contribution in [0.3, 0.4) is 0 Å². The Hall–Kier alpha value is -2.33. The third-order valence-electron chi connectivity index (χ3n) is 3.85. The maximum atomic E-state index is 12.4. The number of hydrogen-bond donors (Lipinski definition) is 2. The third-order valence-corrected chi connectivity index (χ3v) is 5.94. The Morgan fingerprint density at radius 1 is 1.44 bits per heavy atom. The van der Waals surface area contributed by atoms with Crippen LogP contribution in [0.25, 0.3) is 0 Å². The van der Waals surface area contributed by atoms with Crippen molar-refractivity contribution >= 4 is 47.4 Å². The number of thioether (sulfide) groups is 1. The van der Waals surface area contributed by atoms with Crippen molar-refractivity contribution in [2.45, 2.75) is 23.9 Å². The van der Waals surface area contributed by atoms with Crippen molar-refractivity contribution in [3.05, 3.63) is 33.4 Å². The van der Waals surface area contributed by atoms with E-state index in [1.807, 2.05) is 17.5 Å². The van der Waals surface area contributed by atoms with Gasteiger partial charge in [-0.15, -0.1) is 23.1 Å². The molecule has 1 fully saturated rings. The van der Waals surface area contributed by atoms with Crippen LogP contribution >= 0.6 is 23.1 Å². The largest absolute Gasteiger partial charge is 0.479 e. The van der Waals surface area contributed by atoms with E-state index in [1.165, 1.54) is 28.0 Å². The van der Waals surface area contributed by atoms with Gasteiger partial charge in [0, 0.05) is 10.5 Å². The first kappa shape index (κ1) is 17.5. The second-order valence-corrected chi connectivity index (χ2v) is 7.44. The van der Waals surface area contributed by atoms with Gasteiger partial charge in [-0.05, 0) is 16.9 Å². The Morgan fingerprint density at radius 2 is 2.24 bits per heavy atom. The molecule has 2 aliphatic heterocycles. The van der Waals surface area contributed by atoms with Crippen LogP contribution in [0.1, 0.15) is 4.88 Å². The average Bonchev–Trinajstić information content (AvgIpc) is 3.09. The van der Waals surface area contributed by atoms with Crippen LogP contribution in [0.4, 0.5) is 0 Å². The Labute approximate surface area is 150 Å². The molecule has 1 unspecified atom stereocenters. The summed E-state index contributed by atoms with van der Waals surface area (Å²) in [5.41, 5.74) is 0.317. The number of carbonyl (C=O) groups is 4. The molecule has 2 amide bonds. The predicted octanol–water partition coefficient (Wildman–Crippen LogP) is 0.201. The highest BCUT2D eigenvalue weighted by molar-refractivity contribution is 8.02. The van der Waals surface area contributed by atoms with E-state index >= 15 is 0 Å². The molecule has 8 nitrogen and oxygen atoms in total. The summed E-state index contributed by atoms with van der Waals surface area (Å²) in [5.74, 6) is -1.95. The van der Waals surface area contributed by atoms with Crippen LogP contribution in [0.5, 0.6) is 0 Å². The topological polar surface area (TPSA) is 113 Å². The molecule has 25 heavy (non-hydrogen) atoms. The SMILES string of the molecule is O=COCC1=CS[C@@H]2[C@H](NC(=O)Cc3cccs3)C(=O)N2C1C(=O)O. The molecule has 1 saturated heterocycles. The first-order valence-electron chi connectivity index (χ1n) is 7.29. The Balaban J connectivity index is 1.68. The molecule has 0 aliphatic carbocycles. The lowest BCUT2D eigenvalue weighted by Gasteiger charge is -2.51. The van der Waals surface area contributed by atoms with Crippen molar-refractivity contribution in [2.75, 3.05) is 6.61 Å². The number of amides is 2. The fraction of sp³-hybridized carbons (Fsp3) is 0.333. The summed E-state index contributed by atoms with van der Waals surface area (Å²) in [5, 5.41) is 15.0. The van der Waals surface area contributed by atoms with E-state index in [9.17, 15) is 24.3 Å². The first-order chi connectivity index (χ1) is 12.0. The van der Waals surface area contributed by atoms with Gasteiger partial charge in [0.1, 0.15) is 18.0 Å². The van der Waals surface area contributed by atoms with Crippen LogP contribution in [0, 0.1) is 0 Å². The zero-order valence-electron chi connectivity index (χ0n) is 12.8. The monoisotopic (exact) mass is 382 g/mol. The van der Waals surface area contributed by atoms with E-state index in [-0.39, 0.29) is 25.4 Å². The minimum Gasteiger partial charge on any atom is -0.479 e. The van der Waals surface area contributed by atoms with Gasteiger partial charge < -0.3 is 20.1 Å². The molecule has 3 heterocycles. The minimum absolute atomic E-state index is 0.176. The molecule has 3 atom stereocenters. The molecule has 1 aromatic heterocycles. The van der Waals surface area contributed by atoms with E-state index in [2.05, 4.69) is 10.1 Å². The van der Waals surface area contributed by atoms with Gasteiger partial charge in [0.15, 0.2) is 6.04 Å². The van der Waals surface area contributed by atoms with Crippen LogP contribution < -0.4 is 5.32 Å². The van der Waals surface area contributed by atoms with Crippen LogP contribution in [0.15, 0.2) is 28.5 Å². The molecule has 0 aromatic carbocycles. The van der Waals surface area contributed by atoms with Gasteiger partial charge in [-0.25, -0.2) is 4.79 Å². The number of nitrogens with zero attached hydrogens (tertiary/aromatic N) is 1. The molecule has 0 bridgehead atoms. The minimum atomic E-state index is -1.21. The second kappa shape index (κ2) is 7.28. The molecular weight excluding hydrogens is 368 g/mol. The molecule has 2 N–H and O–H groups in total. The molecule has 0 spiro atoms. The number of aliphatic carboxylic acids is 1. The Kier molecular flexibility index (Phi) is 5.09. The lowest BCUT2D eigenvalue weighted by atomic mass is 9.98. The van der Waals surface area contributed by atoms with E-state index < -0.39 is 29.3 Å². The molecule has 10 heteroatoms. The van der Waals surface area contributed by atoms with E-state index in [0.29, 0.717) is 5.57 Å². The van der Waals surface area contributed by atoms with E-state index in [4.69, 9.17) is 0 Å². The van der Waals surface area contributed by atoms with Gasteiger partial charge in [-0.2, -0.15) is 0 Å². The number of carboxylic acid groups (broad SMARTS) is 1. The number of nitrogens with one attached hydrogen (secondary N) is 1. The highest BCUT2D eigenvalue weighted by Crippen LogP contribution is 2.40. The highest BCUT2D eigenvalue weighted by atomic mass is 32.2. The summed E-state index contributed by atoms with van der Waals surface area (Å²) in [6, 6.07) is 1.72. The van der Waals surface area contributed by atoms with Gasteiger partial charge >= 0.3 is 5.97 Å². The summed E-state index contributed by atoms with van der Waals surface area (Å²) in [6.45, 7) is 0.0292. The fourth-order valence-electron chi connectivity index (χ4n) is 2.75. The summed E-state index contributed by atoms with van der Waals surface area (Å²) < 4.78 is 4.61. The number of rotatable bonds is 7. The average molecular weight is 382 g/mol. The van der Waals surface area contributed by atoms with Crippen LogP contribution in [-0.2, 0) is 30.3 Å². The van der Waals surface area contributed by atoms with Gasteiger partial charge in [0.2, 0.25) is 11.8 Å². The molecular formula is C15H14N2O6S2. The summed E-state index contributed by atoms with van der Waals surface area (Å²) >= 11 is 2.67. The van der Waals surface area contributed by atoms with Crippen molar-refractivity contribution in [1.29, 1.82) is 0 Å². The molecule has 3 rings (SSSR count). The maximum absolute atomic E-state index is 12.4. The molecule has 2 aliphatic rings. The van der Waals surface area contributed by atoms with Gasteiger partial charge in [-0.3, -0.25) is 14.4 Å². The molecule has 1 aromatic rings. The number of β-lactam (4-membered cyclic amide) rings is 1. The summed E-state index contributed by atoms with van der Waals surface area (Å²) in [6.07, 6.45) is 0.176. The van der Waals surface area contributed by atoms with Gasteiger partial charge in [0.25, 0.3) is 6.47 Å².